The Morgan fingerprint density at radius 3 is 2.45 bits per heavy atom. The second-order valence-electron chi connectivity index (χ2n) is 6.79. The molecule has 8 nitrogen and oxygen atoms in total. The van der Waals surface area contributed by atoms with Crippen molar-refractivity contribution in [2.45, 2.75) is 6.54 Å². The molecule has 1 fully saturated rings. The quantitative estimate of drug-likeness (QED) is 0.426. The fourth-order valence-electron chi connectivity index (χ4n) is 3.13. The fourth-order valence-corrected chi connectivity index (χ4v) is 3.25. The summed E-state index contributed by atoms with van der Waals surface area (Å²) in [5.74, 6) is -0.244. The van der Waals surface area contributed by atoms with Crippen molar-refractivity contribution in [3.63, 3.8) is 0 Å². The molecule has 0 atom stereocenters. The van der Waals surface area contributed by atoms with Gasteiger partial charge in [-0.3, -0.25) is 24.7 Å². The minimum absolute atomic E-state index is 0.0534. The zero-order valence-electron chi connectivity index (χ0n) is 15.8. The van der Waals surface area contributed by atoms with Crippen LogP contribution < -0.4 is 5.43 Å². The lowest BCUT2D eigenvalue weighted by Crippen LogP contribution is -2.48. The number of hydrogen-bond donors (Lipinski definition) is 1. The molecule has 1 aliphatic rings. The summed E-state index contributed by atoms with van der Waals surface area (Å²) in [6.45, 7) is 4.41. The van der Waals surface area contributed by atoms with Crippen LogP contribution in [0.2, 0.25) is 5.02 Å². The molecule has 1 N–H and O–H groups in total. The van der Waals surface area contributed by atoms with Gasteiger partial charge in [0.25, 0.3) is 11.6 Å². The minimum atomic E-state index is -0.479. The highest BCUT2D eigenvalue weighted by atomic mass is 35.5. The third-order valence-corrected chi connectivity index (χ3v) is 4.93. The fraction of sp³-hybridized carbons (Fsp3) is 0.300. The smallest absolute Gasteiger partial charge is 0.278 e. The summed E-state index contributed by atoms with van der Waals surface area (Å²) in [6.07, 6.45) is 1.29. The maximum Gasteiger partial charge on any atom is 0.278 e. The van der Waals surface area contributed by atoms with Crippen molar-refractivity contribution in [2.24, 2.45) is 5.10 Å². The molecule has 0 aromatic heterocycles. The number of hydrogen-bond acceptors (Lipinski definition) is 6. The van der Waals surface area contributed by atoms with E-state index in [0.717, 1.165) is 37.7 Å². The lowest BCUT2D eigenvalue weighted by molar-refractivity contribution is -0.385. The number of carbonyl (C=O) groups excluding carboxylic acids is 1. The standard InChI is InChI=1S/C20H22ClN5O3/c21-18-7-5-16(6-8-18)14-24-9-11-25(12-10-24)15-20(27)23-22-13-17-3-1-2-4-19(17)26(28)29/h1-8,13H,9-12,14-15H2,(H,23,27). The summed E-state index contributed by atoms with van der Waals surface area (Å²) in [6, 6.07) is 14.1. The second-order valence-corrected chi connectivity index (χ2v) is 7.22. The number of carbonyl (C=O) groups is 1. The number of amides is 1. The van der Waals surface area contributed by atoms with Crippen molar-refractivity contribution < 1.29 is 9.72 Å². The molecule has 1 amide bonds. The van der Waals surface area contributed by atoms with E-state index in [1.807, 2.05) is 24.3 Å². The van der Waals surface area contributed by atoms with E-state index >= 15 is 0 Å². The van der Waals surface area contributed by atoms with Crippen LogP contribution in [-0.4, -0.2) is 59.6 Å². The maximum atomic E-state index is 12.1. The monoisotopic (exact) mass is 415 g/mol. The third kappa shape index (κ3) is 6.35. The lowest BCUT2D eigenvalue weighted by atomic mass is 10.2. The molecule has 2 aromatic carbocycles. The number of para-hydroxylation sites is 1. The molecule has 0 unspecified atom stereocenters. The molecule has 0 aliphatic carbocycles. The Labute approximate surface area is 173 Å². The van der Waals surface area contributed by atoms with E-state index in [0.29, 0.717) is 5.56 Å². The number of benzene rings is 2. The highest BCUT2D eigenvalue weighted by Gasteiger charge is 2.19. The van der Waals surface area contributed by atoms with E-state index < -0.39 is 4.92 Å². The molecule has 29 heavy (non-hydrogen) atoms. The van der Waals surface area contributed by atoms with Crippen molar-refractivity contribution in [2.75, 3.05) is 32.7 Å². The zero-order valence-corrected chi connectivity index (χ0v) is 16.6. The Bertz CT molecular complexity index is 880. The number of nitrogens with zero attached hydrogens (tertiary/aromatic N) is 4. The zero-order chi connectivity index (χ0) is 20.6. The number of nitro benzene ring substituents is 1. The van der Waals surface area contributed by atoms with E-state index in [-0.39, 0.29) is 18.1 Å². The topological polar surface area (TPSA) is 91.1 Å². The molecule has 9 heteroatoms. The first-order chi connectivity index (χ1) is 14.0. The number of nitrogens with one attached hydrogen (secondary N) is 1. The summed E-state index contributed by atoms with van der Waals surface area (Å²) in [5.41, 5.74) is 3.94. The normalized spacial score (nSPS) is 15.5. The molecule has 1 heterocycles. The summed E-state index contributed by atoms with van der Waals surface area (Å²) in [7, 11) is 0. The number of piperazine rings is 1. The molecule has 1 saturated heterocycles. The van der Waals surface area contributed by atoms with Gasteiger partial charge in [-0.15, -0.1) is 0 Å². The molecule has 1 aliphatic heterocycles. The Hall–Kier alpha value is -2.81. The Balaban J connectivity index is 1.42. The van der Waals surface area contributed by atoms with Gasteiger partial charge in [-0.05, 0) is 23.8 Å². The predicted octanol–water partition coefficient (Wildman–Crippen LogP) is 2.52. The van der Waals surface area contributed by atoms with Crippen LogP contribution >= 0.6 is 11.6 Å². The van der Waals surface area contributed by atoms with Crippen LogP contribution in [0.3, 0.4) is 0 Å². The molecule has 2 aromatic rings. The van der Waals surface area contributed by atoms with Gasteiger partial charge in [-0.2, -0.15) is 5.10 Å². The lowest BCUT2D eigenvalue weighted by Gasteiger charge is -2.34. The summed E-state index contributed by atoms with van der Waals surface area (Å²) >= 11 is 5.92. The van der Waals surface area contributed by atoms with Crippen LogP contribution in [0.5, 0.6) is 0 Å². The van der Waals surface area contributed by atoms with Gasteiger partial charge in [-0.1, -0.05) is 35.9 Å². The van der Waals surface area contributed by atoms with Crippen LogP contribution in [0.4, 0.5) is 5.69 Å². The minimum Gasteiger partial charge on any atom is -0.297 e. The summed E-state index contributed by atoms with van der Waals surface area (Å²) < 4.78 is 0. The van der Waals surface area contributed by atoms with Gasteiger partial charge >= 0.3 is 0 Å². The first-order valence-corrected chi connectivity index (χ1v) is 9.63. The second kappa shape index (κ2) is 10.1. The number of hydrazone groups is 1. The number of rotatable bonds is 7. The largest absolute Gasteiger partial charge is 0.297 e. The summed E-state index contributed by atoms with van der Waals surface area (Å²) in [4.78, 5) is 27.0. The van der Waals surface area contributed by atoms with Crippen molar-refractivity contribution in [3.8, 4) is 0 Å². The maximum absolute atomic E-state index is 12.1. The SMILES string of the molecule is O=C(CN1CCN(Cc2ccc(Cl)cc2)CC1)NN=Cc1ccccc1[N+](=O)[O-]. The molecule has 3 rings (SSSR count). The van der Waals surface area contributed by atoms with Crippen LogP contribution in [0, 0.1) is 10.1 Å². The third-order valence-electron chi connectivity index (χ3n) is 4.68. The molecule has 0 spiro atoms. The summed E-state index contributed by atoms with van der Waals surface area (Å²) in [5, 5.41) is 15.6. The highest BCUT2D eigenvalue weighted by Crippen LogP contribution is 2.15. The van der Waals surface area contributed by atoms with Crippen LogP contribution in [0.1, 0.15) is 11.1 Å². The van der Waals surface area contributed by atoms with E-state index in [1.165, 1.54) is 17.8 Å². The van der Waals surface area contributed by atoms with E-state index in [1.54, 1.807) is 18.2 Å². The van der Waals surface area contributed by atoms with Crippen LogP contribution in [-0.2, 0) is 11.3 Å². The van der Waals surface area contributed by atoms with Gasteiger partial charge in [0.1, 0.15) is 0 Å². The van der Waals surface area contributed by atoms with Gasteiger partial charge in [-0.25, -0.2) is 5.43 Å². The Kier molecular flexibility index (Phi) is 7.29. The Morgan fingerprint density at radius 1 is 1.10 bits per heavy atom. The van der Waals surface area contributed by atoms with Crippen molar-refractivity contribution >= 4 is 29.4 Å². The van der Waals surface area contributed by atoms with E-state index in [4.69, 9.17) is 11.6 Å². The molecular formula is C20H22ClN5O3. The number of halogens is 1. The van der Waals surface area contributed by atoms with Gasteiger partial charge in [0.05, 0.1) is 23.2 Å². The van der Waals surface area contributed by atoms with Crippen molar-refractivity contribution in [3.05, 3.63) is 74.8 Å². The van der Waals surface area contributed by atoms with Crippen molar-refractivity contribution in [1.82, 2.24) is 15.2 Å². The van der Waals surface area contributed by atoms with Gasteiger partial charge in [0, 0.05) is 43.8 Å². The molecule has 0 radical (unpaired) electrons. The first kappa shape index (κ1) is 20.9. The number of nitro groups is 1. The first-order valence-electron chi connectivity index (χ1n) is 9.26. The van der Waals surface area contributed by atoms with Crippen LogP contribution in [0.25, 0.3) is 0 Å². The van der Waals surface area contributed by atoms with Gasteiger partial charge in [0.2, 0.25) is 0 Å². The van der Waals surface area contributed by atoms with E-state index in [9.17, 15) is 14.9 Å². The van der Waals surface area contributed by atoms with Crippen LogP contribution in [0.15, 0.2) is 53.6 Å². The van der Waals surface area contributed by atoms with E-state index in [2.05, 4.69) is 20.3 Å². The van der Waals surface area contributed by atoms with Crippen molar-refractivity contribution in [1.29, 1.82) is 0 Å². The predicted molar refractivity (Wildman–Crippen MR) is 112 cm³/mol. The average molecular weight is 416 g/mol. The van der Waals surface area contributed by atoms with Gasteiger partial charge in [0.15, 0.2) is 0 Å². The molecule has 152 valence electrons. The molecular weight excluding hydrogens is 394 g/mol. The Morgan fingerprint density at radius 2 is 1.76 bits per heavy atom. The molecule has 0 bridgehead atoms. The molecule has 0 saturated carbocycles. The average Bonchev–Trinajstić information content (AvgIpc) is 2.71. The van der Waals surface area contributed by atoms with Gasteiger partial charge < -0.3 is 0 Å². The highest BCUT2D eigenvalue weighted by molar-refractivity contribution is 6.30.